The quantitative estimate of drug-likeness (QED) is 0.540. The Hall–Kier alpha value is -0.150. The first-order valence-corrected chi connectivity index (χ1v) is 4.35. The van der Waals surface area contributed by atoms with E-state index in [1.165, 1.54) is 6.07 Å². The number of alkyl halides is 1. The Labute approximate surface area is 77.7 Å². The fourth-order valence-corrected chi connectivity index (χ4v) is 1.47. The Kier molecular flexibility index (Phi) is 2.84. The van der Waals surface area contributed by atoms with Gasteiger partial charge in [-0.05, 0) is 13.0 Å². The van der Waals surface area contributed by atoms with E-state index in [0.29, 0.717) is 10.7 Å². The first-order chi connectivity index (χ1) is 5.11. The molecule has 0 aliphatic heterocycles. The fraction of sp³-hybridized carbons (Fsp3) is 0.286. The molecule has 0 fully saturated rings. The van der Waals surface area contributed by atoms with Gasteiger partial charge in [0, 0.05) is 10.4 Å². The molecular weight excluding hydrogens is 232 g/mol. The minimum atomic E-state index is -0.365. The summed E-state index contributed by atoms with van der Waals surface area (Å²) in [6.45, 7) is 1.86. The summed E-state index contributed by atoms with van der Waals surface area (Å²) in [6, 6.07) is 1.37. The Morgan fingerprint density at radius 3 is 2.82 bits per heavy atom. The lowest BCUT2D eigenvalue weighted by atomic mass is 10.2. The second-order valence-electron chi connectivity index (χ2n) is 2.15. The first-order valence-electron chi connectivity index (χ1n) is 3.06. The summed E-state index contributed by atoms with van der Waals surface area (Å²) in [7, 11) is 0. The average molecular weight is 238 g/mol. The molecule has 1 aromatic rings. The molecule has 1 aromatic heterocycles. The van der Waals surface area contributed by atoms with Crippen LogP contribution in [-0.4, -0.2) is 4.98 Å². The van der Waals surface area contributed by atoms with Crippen LogP contribution < -0.4 is 0 Å². The van der Waals surface area contributed by atoms with Gasteiger partial charge in [-0.2, -0.15) is 0 Å². The van der Waals surface area contributed by atoms with Crippen LogP contribution in [0.5, 0.6) is 0 Å². The number of rotatable bonds is 1. The van der Waals surface area contributed by atoms with Gasteiger partial charge in [0.2, 0.25) is 0 Å². The van der Waals surface area contributed by atoms with Crippen molar-refractivity contribution in [3.63, 3.8) is 0 Å². The Morgan fingerprint density at radius 1 is 1.73 bits per heavy atom. The minimum absolute atomic E-state index is 0.0261. The van der Waals surface area contributed by atoms with Crippen molar-refractivity contribution >= 4 is 27.5 Å². The number of aromatic nitrogens is 1. The number of nitrogens with zero attached hydrogens (tertiary/aromatic N) is 1. The zero-order chi connectivity index (χ0) is 8.43. The van der Waals surface area contributed by atoms with Gasteiger partial charge >= 0.3 is 0 Å². The zero-order valence-electron chi connectivity index (χ0n) is 5.81. The highest BCUT2D eigenvalue weighted by molar-refractivity contribution is 9.09. The SMILES string of the molecule is CC(Br)c1cc(F)cnc1Cl. The second-order valence-corrected chi connectivity index (χ2v) is 3.88. The Morgan fingerprint density at radius 2 is 2.36 bits per heavy atom. The molecule has 11 heavy (non-hydrogen) atoms. The molecule has 0 aliphatic carbocycles. The molecule has 0 radical (unpaired) electrons. The smallest absolute Gasteiger partial charge is 0.141 e. The summed E-state index contributed by atoms with van der Waals surface area (Å²) in [6.07, 6.45) is 1.10. The van der Waals surface area contributed by atoms with Gasteiger partial charge in [0.25, 0.3) is 0 Å². The second kappa shape index (κ2) is 3.50. The highest BCUT2D eigenvalue weighted by Crippen LogP contribution is 2.27. The van der Waals surface area contributed by atoms with Gasteiger partial charge < -0.3 is 0 Å². The molecule has 1 rings (SSSR count). The molecule has 60 valence electrons. The summed E-state index contributed by atoms with van der Waals surface area (Å²) < 4.78 is 12.6. The molecule has 1 heterocycles. The molecule has 0 saturated heterocycles. The van der Waals surface area contributed by atoms with Crippen molar-refractivity contribution in [3.8, 4) is 0 Å². The number of halogens is 3. The predicted molar refractivity (Wildman–Crippen MR) is 46.5 cm³/mol. The topological polar surface area (TPSA) is 12.9 Å². The largest absolute Gasteiger partial charge is 0.241 e. The van der Waals surface area contributed by atoms with E-state index in [0.717, 1.165) is 6.20 Å². The maximum atomic E-state index is 12.6. The summed E-state index contributed by atoms with van der Waals surface area (Å²) in [5.74, 6) is -0.365. The van der Waals surface area contributed by atoms with E-state index in [1.807, 2.05) is 6.92 Å². The summed E-state index contributed by atoms with van der Waals surface area (Å²) in [5, 5.41) is 0.343. The van der Waals surface area contributed by atoms with Crippen LogP contribution in [0, 0.1) is 5.82 Å². The third kappa shape index (κ3) is 2.14. The summed E-state index contributed by atoms with van der Waals surface area (Å²) in [5.41, 5.74) is 0.673. The van der Waals surface area contributed by atoms with Crippen LogP contribution in [0.2, 0.25) is 5.15 Å². The first kappa shape index (κ1) is 8.94. The lowest BCUT2D eigenvalue weighted by Gasteiger charge is -2.04. The van der Waals surface area contributed by atoms with E-state index in [2.05, 4.69) is 20.9 Å². The van der Waals surface area contributed by atoms with Crippen LogP contribution in [0.1, 0.15) is 17.3 Å². The van der Waals surface area contributed by atoms with Crippen molar-refractivity contribution in [1.82, 2.24) is 4.98 Å². The monoisotopic (exact) mass is 237 g/mol. The van der Waals surface area contributed by atoms with E-state index in [9.17, 15) is 4.39 Å². The van der Waals surface area contributed by atoms with Crippen molar-refractivity contribution in [2.75, 3.05) is 0 Å². The molecule has 1 nitrogen and oxygen atoms in total. The third-order valence-corrected chi connectivity index (χ3v) is 2.07. The zero-order valence-corrected chi connectivity index (χ0v) is 8.16. The van der Waals surface area contributed by atoms with Crippen molar-refractivity contribution in [2.24, 2.45) is 0 Å². The normalized spacial score (nSPS) is 13.1. The maximum Gasteiger partial charge on any atom is 0.141 e. The van der Waals surface area contributed by atoms with E-state index in [-0.39, 0.29) is 10.6 Å². The van der Waals surface area contributed by atoms with Crippen LogP contribution in [0.15, 0.2) is 12.3 Å². The molecule has 0 amide bonds. The van der Waals surface area contributed by atoms with E-state index < -0.39 is 0 Å². The molecule has 0 bridgehead atoms. The number of pyridine rings is 1. The average Bonchev–Trinajstić information content (AvgIpc) is 1.94. The van der Waals surface area contributed by atoms with Crippen LogP contribution in [-0.2, 0) is 0 Å². The maximum absolute atomic E-state index is 12.6. The summed E-state index contributed by atoms with van der Waals surface area (Å²) in [4.78, 5) is 3.69. The van der Waals surface area contributed by atoms with Gasteiger partial charge in [0.05, 0.1) is 6.20 Å². The summed E-state index contributed by atoms with van der Waals surface area (Å²) >= 11 is 8.96. The van der Waals surface area contributed by atoms with Crippen LogP contribution in [0.25, 0.3) is 0 Å². The molecule has 0 spiro atoms. The van der Waals surface area contributed by atoms with Crippen LogP contribution in [0.4, 0.5) is 4.39 Å². The van der Waals surface area contributed by atoms with Crippen LogP contribution >= 0.6 is 27.5 Å². The van der Waals surface area contributed by atoms with Gasteiger partial charge in [-0.3, -0.25) is 0 Å². The standard InChI is InChI=1S/C7H6BrClFN/c1-4(8)6-2-5(10)3-11-7(6)9/h2-4H,1H3. The fourth-order valence-electron chi connectivity index (χ4n) is 0.717. The molecule has 1 atom stereocenters. The van der Waals surface area contributed by atoms with Gasteiger partial charge in [-0.1, -0.05) is 27.5 Å². The molecule has 0 aliphatic rings. The Balaban J connectivity index is 3.13. The van der Waals surface area contributed by atoms with Crippen LogP contribution in [0.3, 0.4) is 0 Å². The highest BCUT2D eigenvalue weighted by atomic mass is 79.9. The van der Waals surface area contributed by atoms with Crippen molar-refractivity contribution in [2.45, 2.75) is 11.8 Å². The predicted octanol–water partition coefficient (Wildman–Crippen LogP) is 3.33. The minimum Gasteiger partial charge on any atom is -0.241 e. The van der Waals surface area contributed by atoms with Gasteiger partial charge in [-0.15, -0.1) is 0 Å². The van der Waals surface area contributed by atoms with Gasteiger partial charge in [0.1, 0.15) is 11.0 Å². The van der Waals surface area contributed by atoms with E-state index >= 15 is 0 Å². The molecule has 0 saturated carbocycles. The van der Waals surface area contributed by atoms with Crippen molar-refractivity contribution in [3.05, 3.63) is 28.8 Å². The van der Waals surface area contributed by atoms with Crippen molar-refractivity contribution < 1.29 is 4.39 Å². The molecule has 1 unspecified atom stereocenters. The lowest BCUT2D eigenvalue weighted by Crippen LogP contribution is -1.90. The van der Waals surface area contributed by atoms with Gasteiger partial charge in [0.15, 0.2) is 0 Å². The molecular formula is C7H6BrClFN. The van der Waals surface area contributed by atoms with Gasteiger partial charge in [-0.25, -0.2) is 9.37 Å². The molecule has 4 heteroatoms. The molecule has 0 N–H and O–H groups in total. The molecule has 0 aromatic carbocycles. The number of hydrogen-bond donors (Lipinski definition) is 0. The van der Waals surface area contributed by atoms with Crippen molar-refractivity contribution in [1.29, 1.82) is 0 Å². The number of hydrogen-bond acceptors (Lipinski definition) is 1. The highest BCUT2D eigenvalue weighted by Gasteiger charge is 2.07. The van der Waals surface area contributed by atoms with E-state index in [1.54, 1.807) is 0 Å². The Bertz CT molecular complexity index is 265. The third-order valence-electron chi connectivity index (χ3n) is 1.26. The lowest BCUT2D eigenvalue weighted by molar-refractivity contribution is 0.619. The van der Waals surface area contributed by atoms with E-state index in [4.69, 9.17) is 11.6 Å².